The highest BCUT2D eigenvalue weighted by molar-refractivity contribution is 8.14. The van der Waals surface area contributed by atoms with Crippen molar-refractivity contribution >= 4 is 16.9 Å². The number of nitrogens with one attached hydrogen (secondary N) is 1. The summed E-state index contributed by atoms with van der Waals surface area (Å²) in [5, 5.41) is 8.78. The van der Waals surface area contributed by atoms with E-state index in [1.807, 2.05) is 17.8 Å². The van der Waals surface area contributed by atoms with E-state index in [2.05, 4.69) is 36.2 Å². The molecule has 4 nitrogen and oxygen atoms in total. The first-order valence-electron chi connectivity index (χ1n) is 5.87. The standard InChI is InChI=1S/C12H19N3OS/c1-12(2,3)6-10-8-14-11(17-10)13-7-9-4-5-16-15-9/h4-5,10H,6-8H2,1-3H3,(H,13,14). The quantitative estimate of drug-likeness (QED) is 0.899. The number of aromatic nitrogens is 1. The Hall–Kier alpha value is -0.970. The molecule has 0 aromatic carbocycles. The first-order valence-corrected chi connectivity index (χ1v) is 6.75. The van der Waals surface area contributed by atoms with Gasteiger partial charge in [-0.25, -0.2) is 0 Å². The Bertz CT molecular complexity index is 381. The van der Waals surface area contributed by atoms with E-state index in [1.165, 1.54) is 6.42 Å². The Morgan fingerprint density at radius 2 is 2.35 bits per heavy atom. The molecular weight excluding hydrogens is 234 g/mol. The molecule has 1 atom stereocenters. The monoisotopic (exact) mass is 253 g/mol. The maximum absolute atomic E-state index is 4.78. The second-order valence-electron chi connectivity index (χ2n) is 5.49. The summed E-state index contributed by atoms with van der Waals surface area (Å²) in [6, 6.07) is 1.86. The van der Waals surface area contributed by atoms with Crippen LogP contribution in [0.2, 0.25) is 0 Å². The Kier molecular flexibility index (Phi) is 3.76. The molecule has 0 bridgehead atoms. The minimum Gasteiger partial charge on any atom is -0.364 e. The number of aliphatic imine (C=N–C) groups is 1. The molecule has 1 aliphatic heterocycles. The SMILES string of the molecule is CC(C)(C)CC1CN=C(NCc2ccon2)S1. The third-order valence-corrected chi connectivity index (χ3v) is 3.61. The number of rotatable bonds is 3. The fourth-order valence-electron chi connectivity index (χ4n) is 1.80. The minimum absolute atomic E-state index is 0.370. The van der Waals surface area contributed by atoms with E-state index in [1.54, 1.807) is 6.26 Å². The second kappa shape index (κ2) is 5.12. The fraction of sp³-hybridized carbons (Fsp3) is 0.667. The van der Waals surface area contributed by atoms with E-state index in [4.69, 9.17) is 4.52 Å². The van der Waals surface area contributed by atoms with Crippen LogP contribution in [0.1, 0.15) is 32.9 Å². The van der Waals surface area contributed by atoms with Crippen LogP contribution in [-0.4, -0.2) is 22.1 Å². The molecule has 1 aliphatic rings. The molecule has 0 saturated carbocycles. The maximum atomic E-state index is 4.78. The fourth-order valence-corrected chi connectivity index (χ4v) is 3.15. The first kappa shape index (κ1) is 12.5. The first-order chi connectivity index (χ1) is 8.03. The van der Waals surface area contributed by atoms with Crippen molar-refractivity contribution in [2.75, 3.05) is 6.54 Å². The van der Waals surface area contributed by atoms with Crippen LogP contribution >= 0.6 is 11.8 Å². The smallest absolute Gasteiger partial charge is 0.157 e. The van der Waals surface area contributed by atoms with Crippen LogP contribution in [0.4, 0.5) is 0 Å². The zero-order valence-corrected chi connectivity index (χ0v) is 11.4. The van der Waals surface area contributed by atoms with Crippen molar-refractivity contribution in [2.45, 2.75) is 39.0 Å². The number of hydrogen-bond donors (Lipinski definition) is 1. The highest BCUT2D eigenvalue weighted by Crippen LogP contribution is 2.31. The molecule has 1 unspecified atom stereocenters. The molecule has 0 spiro atoms. The summed E-state index contributed by atoms with van der Waals surface area (Å²) in [7, 11) is 0. The summed E-state index contributed by atoms with van der Waals surface area (Å²) >= 11 is 1.84. The van der Waals surface area contributed by atoms with Crippen LogP contribution in [0, 0.1) is 5.41 Å². The minimum atomic E-state index is 0.370. The molecule has 2 rings (SSSR count). The van der Waals surface area contributed by atoms with Crippen molar-refractivity contribution in [1.29, 1.82) is 0 Å². The van der Waals surface area contributed by atoms with Crippen molar-refractivity contribution in [3.05, 3.63) is 18.0 Å². The molecule has 0 amide bonds. The molecule has 0 aliphatic carbocycles. The molecule has 1 aromatic heterocycles. The van der Waals surface area contributed by atoms with Crippen molar-refractivity contribution < 1.29 is 4.52 Å². The summed E-state index contributed by atoms with van der Waals surface area (Å²) in [5.74, 6) is 0. The Morgan fingerprint density at radius 3 is 3.00 bits per heavy atom. The topological polar surface area (TPSA) is 50.4 Å². The number of amidine groups is 1. The van der Waals surface area contributed by atoms with Gasteiger partial charge in [0, 0.05) is 11.3 Å². The summed E-state index contributed by atoms with van der Waals surface area (Å²) in [4.78, 5) is 4.51. The lowest BCUT2D eigenvalue weighted by Crippen LogP contribution is -2.20. The van der Waals surface area contributed by atoms with Crippen LogP contribution < -0.4 is 5.32 Å². The van der Waals surface area contributed by atoms with Crippen LogP contribution in [0.15, 0.2) is 21.8 Å². The molecule has 1 N–H and O–H groups in total. The average Bonchev–Trinajstić information content (AvgIpc) is 2.82. The van der Waals surface area contributed by atoms with Gasteiger partial charge in [-0.1, -0.05) is 37.7 Å². The van der Waals surface area contributed by atoms with Crippen molar-refractivity contribution in [2.24, 2.45) is 10.4 Å². The van der Waals surface area contributed by atoms with Crippen molar-refractivity contribution in [3.8, 4) is 0 Å². The van der Waals surface area contributed by atoms with E-state index in [-0.39, 0.29) is 0 Å². The lowest BCUT2D eigenvalue weighted by atomic mass is 9.90. The van der Waals surface area contributed by atoms with Crippen LogP contribution in [-0.2, 0) is 6.54 Å². The summed E-state index contributed by atoms with van der Waals surface area (Å²) in [6.45, 7) is 8.42. The third-order valence-electron chi connectivity index (χ3n) is 2.47. The van der Waals surface area contributed by atoms with E-state index >= 15 is 0 Å². The maximum Gasteiger partial charge on any atom is 0.157 e. The second-order valence-corrected chi connectivity index (χ2v) is 6.78. The molecule has 2 heterocycles. The lowest BCUT2D eigenvalue weighted by molar-refractivity contribution is 0.375. The van der Waals surface area contributed by atoms with Gasteiger partial charge in [0.05, 0.1) is 13.1 Å². The number of hydrogen-bond acceptors (Lipinski definition) is 5. The normalized spacial score (nSPS) is 20.4. The van der Waals surface area contributed by atoms with Crippen LogP contribution in [0.3, 0.4) is 0 Å². The zero-order valence-electron chi connectivity index (χ0n) is 10.6. The predicted molar refractivity (Wildman–Crippen MR) is 71.1 cm³/mol. The van der Waals surface area contributed by atoms with Gasteiger partial charge >= 0.3 is 0 Å². The molecule has 94 valence electrons. The van der Waals surface area contributed by atoms with Crippen molar-refractivity contribution in [1.82, 2.24) is 10.5 Å². The third kappa shape index (κ3) is 4.07. The molecular formula is C12H19N3OS. The Labute approximate surface area is 106 Å². The molecule has 1 aromatic rings. The summed E-state index contributed by atoms with van der Waals surface area (Å²) in [6.07, 6.45) is 2.78. The van der Waals surface area contributed by atoms with E-state index in [0.29, 0.717) is 17.2 Å². The highest BCUT2D eigenvalue weighted by atomic mass is 32.2. The Balaban J connectivity index is 1.74. The van der Waals surface area contributed by atoms with Gasteiger partial charge in [-0.05, 0) is 11.8 Å². The van der Waals surface area contributed by atoms with Gasteiger partial charge in [0.2, 0.25) is 0 Å². The summed E-state index contributed by atoms with van der Waals surface area (Å²) < 4.78 is 4.78. The van der Waals surface area contributed by atoms with Crippen molar-refractivity contribution in [3.63, 3.8) is 0 Å². The number of nitrogens with zero attached hydrogens (tertiary/aromatic N) is 2. The van der Waals surface area contributed by atoms with Crippen LogP contribution in [0.25, 0.3) is 0 Å². The van der Waals surface area contributed by atoms with E-state index in [0.717, 1.165) is 17.4 Å². The Morgan fingerprint density at radius 1 is 1.53 bits per heavy atom. The molecule has 0 saturated heterocycles. The van der Waals surface area contributed by atoms with Gasteiger partial charge in [0.1, 0.15) is 12.0 Å². The van der Waals surface area contributed by atoms with Gasteiger partial charge in [-0.3, -0.25) is 4.99 Å². The average molecular weight is 253 g/mol. The van der Waals surface area contributed by atoms with Gasteiger partial charge < -0.3 is 9.84 Å². The lowest BCUT2D eigenvalue weighted by Gasteiger charge is -2.21. The van der Waals surface area contributed by atoms with Crippen LogP contribution in [0.5, 0.6) is 0 Å². The van der Waals surface area contributed by atoms with E-state index in [9.17, 15) is 0 Å². The van der Waals surface area contributed by atoms with Gasteiger partial charge in [0.15, 0.2) is 5.17 Å². The zero-order chi connectivity index (χ0) is 12.3. The molecule has 5 heteroatoms. The number of thioether (sulfide) groups is 1. The largest absolute Gasteiger partial charge is 0.364 e. The molecule has 0 radical (unpaired) electrons. The summed E-state index contributed by atoms with van der Waals surface area (Å²) in [5.41, 5.74) is 1.28. The molecule has 0 fully saturated rings. The van der Waals surface area contributed by atoms with E-state index < -0.39 is 0 Å². The predicted octanol–water partition coefficient (Wildman–Crippen LogP) is 2.67. The van der Waals surface area contributed by atoms with Gasteiger partial charge in [-0.2, -0.15) is 0 Å². The van der Waals surface area contributed by atoms with Gasteiger partial charge in [0.25, 0.3) is 0 Å². The van der Waals surface area contributed by atoms with Gasteiger partial charge in [-0.15, -0.1) is 0 Å². The highest BCUT2D eigenvalue weighted by Gasteiger charge is 2.24. The molecule has 17 heavy (non-hydrogen) atoms.